The van der Waals surface area contributed by atoms with Crippen LogP contribution in [0.2, 0.25) is 0 Å². The predicted octanol–water partition coefficient (Wildman–Crippen LogP) is 1.81. The highest BCUT2D eigenvalue weighted by molar-refractivity contribution is 5.50. The van der Waals surface area contributed by atoms with Crippen LogP contribution in [0, 0.1) is 0 Å². The summed E-state index contributed by atoms with van der Waals surface area (Å²) in [5, 5.41) is 3.34. The van der Waals surface area contributed by atoms with Crippen molar-refractivity contribution in [3.05, 3.63) is 17.7 Å². The molecule has 1 aromatic carbocycles. The molecule has 0 bridgehead atoms. The fourth-order valence-corrected chi connectivity index (χ4v) is 2.12. The summed E-state index contributed by atoms with van der Waals surface area (Å²) in [4.78, 5) is 0. The first kappa shape index (κ1) is 17.6. The van der Waals surface area contributed by atoms with Crippen molar-refractivity contribution in [2.75, 3.05) is 35.5 Å². The van der Waals surface area contributed by atoms with E-state index >= 15 is 0 Å². The molecule has 0 aliphatic carbocycles. The molecule has 6 heteroatoms. The maximum absolute atomic E-state index is 5.41. The van der Waals surface area contributed by atoms with Gasteiger partial charge in [-0.05, 0) is 6.92 Å². The zero-order chi connectivity index (χ0) is 15.8. The third-order valence-electron chi connectivity index (χ3n) is 3.29. The van der Waals surface area contributed by atoms with Crippen molar-refractivity contribution < 1.29 is 23.7 Å². The fraction of sp³-hybridized carbons (Fsp3) is 0.600. The van der Waals surface area contributed by atoms with Gasteiger partial charge in [-0.25, -0.2) is 0 Å². The monoisotopic (exact) mass is 299 g/mol. The standard InChI is InChI=1S/C15H25NO5/c1-10(15(20-5)21-6)16-9-12-13(18-3)7-11(17-2)8-14(12)19-4/h7-8,10,15-16H,9H2,1-6H3. The van der Waals surface area contributed by atoms with E-state index in [1.54, 1.807) is 35.5 Å². The molecule has 0 saturated carbocycles. The summed E-state index contributed by atoms with van der Waals surface area (Å²) >= 11 is 0. The average Bonchev–Trinajstić information content (AvgIpc) is 2.52. The summed E-state index contributed by atoms with van der Waals surface area (Å²) in [6.07, 6.45) is -0.319. The summed E-state index contributed by atoms with van der Waals surface area (Å²) in [5.74, 6) is 2.10. The number of methoxy groups -OCH3 is 5. The molecule has 1 N–H and O–H groups in total. The largest absolute Gasteiger partial charge is 0.496 e. The van der Waals surface area contributed by atoms with Crippen molar-refractivity contribution in [1.29, 1.82) is 0 Å². The summed E-state index contributed by atoms with van der Waals surface area (Å²) in [6, 6.07) is 3.67. The van der Waals surface area contributed by atoms with Gasteiger partial charge in [-0.15, -0.1) is 0 Å². The molecule has 1 rings (SSSR count). The molecule has 21 heavy (non-hydrogen) atoms. The molecular weight excluding hydrogens is 274 g/mol. The molecule has 0 amide bonds. The molecule has 1 aromatic rings. The first-order chi connectivity index (χ1) is 10.1. The van der Waals surface area contributed by atoms with Gasteiger partial charge in [-0.3, -0.25) is 0 Å². The van der Waals surface area contributed by atoms with Crippen molar-refractivity contribution in [3.8, 4) is 17.2 Å². The number of nitrogens with one attached hydrogen (secondary N) is 1. The van der Waals surface area contributed by atoms with Crippen molar-refractivity contribution in [3.63, 3.8) is 0 Å². The maximum Gasteiger partial charge on any atom is 0.171 e. The average molecular weight is 299 g/mol. The number of rotatable bonds is 9. The third-order valence-corrected chi connectivity index (χ3v) is 3.29. The first-order valence-corrected chi connectivity index (χ1v) is 6.69. The van der Waals surface area contributed by atoms with Gasteiger partial charge in [0.05, 0.1) is 32.9 Å². The molecule has 0 radical (unpaired) electrons. The van der Waals surface area contributed by atoms with Crippen LogP contribution in [0.5, 0.6) is 17.2 Å². The molecule has 0 aliphatic heterocycles. The smallest absolute Gasteiger partial charge is 0.171 e. The van der Waals surface area contributed by atoms with Crippen LogP contribution in [0.3, 0.4) is 0 Å². The molecular formula is C15H25NO5. The number of hydrogen-bond acceptors (Lipinski definition) is 6. The van der Waals surface area contributed by atoms with Gasteiger partial charge >= 0.3 is 0 Å². The van der Waals surface area contributed by atoms with Gasteiger partial charge in [0.2, 0.25) is 0 Å². The predicted molar refractivity (Wildman–Crippen MR) is 80.2 cm³/mol. The summed E-state index contributed by atoms with van der Waals surface area (Å²) in [7, 11) is 8.07. The molecule has 6 nitrogen and oxygen atoms in total. The van der Waals surface area contributed by atoms with Gasteiger partial charge in [0.25, 0.3) is 0 Å². The number of hydrogen-bond donors (Lipinski definition) is 1. The Labute approximate surface area is 126 Å². The summed E-state index contributed by atoms with van der Waals surface area (Å²) in [6.45, 7) is 2.54. The Hall–Kier alpha value is -1.50. The van der Waals surface area contributed by atoms with E-state index < -0.39 is 0 Å². The Morgan fingerprint density at radius 2 is 1.43 bits per heavy atom. The lowest BCUT2D eigenvalue weighted by atomic mass is 10.1. The van der Waals surface area contributed by atoms with E-state index in [1.807, 2.05) is 19.1 Å². The van der Waals surface area contributed by atoms with Crippen molar-refractivity contribution >= 4 is 0 Å². The van der Waals surface area contributed by atoms with E-state index in [9.17, 15) is 0 Å². The highest BCUT2D eigenvalue weighted by Gasteiger charge is 2.18. The Balaban J connectivity index is 2.91. The first-order valence-electron chi connectivity index (χ1n) is 6.69. The molecule has 1 unspecified atom stereocenters. The van der Waals surface area contributed by atoms with Gasteiger partial charge in [-0.1, -0.05) is 0 Å². The van der Waals surface area contributed by atoms with E-state index in [0.29, 0.717) is 23.8 Å². The molecule has 0 fully saturated rings. The van der Waals surface area contributed by atoms with Crippen molar-refractivity contribution in [2.45, 2.75) is 25.8 Å². The highest BCUT2D eigenvalue weighted by Crippen LogP contribution is 2.33. The van der Waals surface area contributed by atoms with E-state index in [0.717, 1.165) is 5.56 Å². The van der Waals surface area contributed by atoms with Crippen molar-refractivity contribution in [1.82, 2.24) is 5.32 Å². The molecule has 1 atom stereocenters. The van der Waals surface area contributed by atoms with Gasteiger partial charge in [0.15, 0.2) is 6.29 Å². The Morgan fingerprint density at radius 3 is 1.81 bits per heavy atom. The minimum Gasteiger partial charge on any atom is -0.496 e. The minimum atomic E-state index is -0.319. The SMILES string of the molecule is COc1cc(OC)c(CNC(C)C(OC)OC)c(OC)c1. The Bertz CT molecular complexity index is 409. The molecule has 0 spiro atoms. The second-order valence-electron chi connectivity index (χ2n) is 4.52. The van der Waals surface area contributed by atoms with E-state index in [4.69, 9.17) is 23.7 Å². The van der Waals surface area contributed by atoms with Crippen LogP contribution in [-0.2, 0) is 16.0 Å². The van der Waals surface area contributed by atoms with Crippen LogP contribution in [0.15, 0.2) is 12.1 Å². The quantitative estimate of drug-likeness (QED) is 0.702. The van der Waals surface area contributed by atoms with Crippen LogP contribution in [0.1, 0.15) is 12.5 Å². The van der Waals surface area contributed by atoms with Crippen LogP contribution < -0.4 is 19.5 Å². The van der Waals surface area contributed by atoms with Crippen LogP contribution in [-0.4, -0.2) is 47.9 Å². The van der Waals surface area contributed by atoms with Crippen LogP contribution >= 0.6 is 0 Å². The van der Waals surface area contributed by atoms with Gasteiger partial charge in [0, 0.05) is 32.9 Å². The lowest BCUT2D eigenvalue weighted by molar-refractivity contribution is -0.119. The molecule has 0 heterocycles. The summed E-state index contributed by atoms with van der Waals surface area (Å²) in [5.41, 5.74) is 0.915. The zero-order valence-corrected chi connectivity index (χ0v) is 13.6. The minimum absolute atomic E-state index is 0.0107. The second-order valence-corrected chi connectivity index (χ2v) is 4.52. The Kier molecular flexibility index (Phi) is 7.28. The molecule has 0 saturated heterocycles. The third kappa shape index (κ3) is 4.49. The van der Waals surface area contributed by atoms with Gasteiger partial charge in [-0.2, -0.15) is 0 Å². The lowest BCUT2D eigenvalue weighted by Crippen LogP contribution is -2.39. The summed E-state index contributed by atoms with van der Waals surface area (Å²) < 4.78 is 26.5. The normalized spacial score (nSPS) is 12.3. The van der Waals surface area contributed by atoms with Gasteiger partial charge < -0.3 is 29.0 Å². The van der Waals surface area contributed by atoms with Crippen LogP contribution in [0.4, 0.5) is 0 Å². The molecule has 0 aliphatic rings. The van der Waals surface area contributed by atoms with Gasteiger partial charge in [0.1, 0.15) is 17.2 Å². The van der Waals surface area contributed by atoms with E-state index in [-0.39, 0.29) is 12.3 Å². The zero-order valence-electron chi connectivity index (χ0n) is 13.6. The maximum atomic E-state index is 5.41. The molecule has 0 aromatic heterocycles. The topological polar surface area (TPSA) is 58.2 Å². The highest BCUT2D eigenvalue weighted by atomic mass is 16.7. The fourth-order valence-electron chi connectivity index (χ4n) is 2.12. The molecule has 120 valence electrons. The lowest BCUT2D eigenvalue weighted by Gasteiger charge is -2.23. The van der Waals surface area contributed by atoms with Crippen molar-refractivity contribution in [2.24, 2.45) is 0 Å². The number of ether oxygens (including phenoxy) is 5. The Morgan fingerprint density at radius 1 is 0.905 bits per heavy atom. The van der Waals surface area contributed by atoms with E-state index in [2.05, 4.69) is 5.32 Å². The second kappa shape index (κ2) is 8.71. The van der Waals surface area contributed by atoms with Crippen LogP contribution in [0.25, 0.3) is 0 Å². The number of benzene rings is 1. The van der Waals surface area contributed by atoms with E-state index in [1.165, 1.54) is 0 Å².